The molecule has 1 N–H and O–H groups in total. The van der Waals surface area contributed by atoms with Gasteiger partial charge in [0.05, 0.1) is 40.4 Å². The van der Waals surface area contributed by atoms with Crippen molar-refractivity contribution in [2.75, 3.05) is 18.6 Å². The van der Waals surface area contributed by atoms with E-state index in [1.165, 1.54) is 27.6 Å². The van der Waals surface area contributed by atoms with Crippen molar-refractivity contribution in [3.63, 3.8) is 0 Å². The second-order valence-electron chi connectivity index (χ2n) is 8.60. The van der Waals surface area contributed by atoms with Crippen LogP contribution in [0.4, 0.5) is 5.13 Å². The van der Waals surface area contributed by atoms with Crippen LogP contribution < -0.4 is 14.4 Å². The Hall–Kier alpha value is -3.69. The van der Waals surface area contributed by atoms with Crippen LogP contribution in [0.3, 0.4) is 0 Å². The van der Waals surface area contributed by atoms with Crippen molar-refractivity contribution >= 4 is 49.7 Å². The molecule has 37 heavy (non-hydrogen) atoms. The predicted molar refractivity (Wildman–Crippen MR) is 146 cm³/mol. The van der Waals surface area contributed by atoms with Gasteiger partial charge in [-0.05, 0) is 53.8 Å². The molecule has 2 aromatic heterocycles. The number of carbonyl (C=O) groups is 2. The molecule has 1 unspecified atom stereocenters. The molecule has 1 atom stereocenters. The standard InChI is InChI=1S/C28H26N2O5S2/c1-3-4-5-14-35-18-10-8-17(9-11-18)24-23(25(31)21-7-6-15-36-21)26(32)27(33)30(24)28-29-20-13-12-19(34-2)16-22(20)37-28/h6-13,15-16,24,32H,3-5,14H2,1-2H3. The average Bonchev–Trinajstić information content (AvgIpc) is 3.65. The molecular weight excluding hydrogens is 508 g/mol. The number of thiazole rings is 1. The molecule has 0 saturated carbocycles. The third-order valence-corrected chi connectivity index (χ3v) is 8.09. The average molecular weight is 535 g/mol. The van der Waals surface area contributed by atoms with E-state index in [4.69, 9.17) is 9.47 Å². The number of anilines is 1. The first-order chi connectivity index (χ1) is 18.0. The number of ketones is 1. The topological polar surface area (TPSA) is 89.0 Å². The molecule has 1 amide bonds. The van der Waals surface area contributed by atoms with Gasteiger partial charge in [0.25, 0.3) is 5.91 Å². The molecule has 2 aromatic carbocycles. The number of ether oxygens (including phenoxy) is 2. The molecule has 0 aliphatic carbocycles. The lowest BCUT2D eigenvalue weighted by Gasteiger charge is -2.24. The zero-order valence-corrected chi connectivity index (χ0v) is 22.1. The summed E-state index contributed by atoms with van der Waals surface area (Å²) >= 11 is 2.57. The van der Waals surface area contributed by atoms with Crippen LogP contribution >= 0.6 is 22.7 Å². The third-order valence-electron chi connectivity index (χ3n) is 6.20. The summed E-state index contributed by atoms with van der Waals surface area (Å²) in [5.41, 5.74) is 1.41. The van der Waals surface area contributed by atoms with Gasteiger partial charge >= 0.3 is 0 Å². The number of nitrogens with zero attached hydrogens (tertiary/aromatic N) is 2. The Bertz CT molecular complexity index is 1460. The van der Waals surface area contributed by atoms with Crippen LogP contribution in [0.15, 0.2) is 71.3 Å². The normalized spacial score (nSPS) is 15.6. The zero-order valence-electron chi connectivity index (χ0n) is 20.5. The fourth-order valence-electron chi connectivity index (χ4n) is 4.30. The number of aromatic nitrogens is 1. The van der Waals surface area contributed by atoms with Crippen LogP contribution in [0.25, 0.3) is 10.2 Å². The number of aliphatic hydroxyl groups is 1. The number of fused-ring (bicyclic) bond motifs is 1. The molecule has 0 fully saturated rings. The number of Topliss-reactive ketones (excluding diaryl/α,β-unsaturated/α-hetero) is 1. The number of benzene rings is 2. The molecule has 7 nitrogen and oxygen atoms in total. The Balaban J connectivity index is 1.55. The highest BCUT2D eigenvalue weighted by atomic mass is 32.1. The van der Waals surface area contributed by atoms with Crippen LogP contribution in [0, 0.1) is 0 Å². The summed E-state index contributed by atoms with van der Waals surface area (Å²) in [7, 11) is 1.59. The first kappa shape index (κ1) is 25.0. The van der Waals surface area contributed by atoms with Crippen LogP contribution in [0.2, 0.25) is 0 Å². The summed E-state index contributed by atoms with van der Waals surface area (Å²) < 4.78 is 12.0. The third kappa shape index (κ3) is 4.84. The number of hydrogen-bond acceptors (Lipinski definition) is 8. The molecule has 5 rings (SSSR count). The van der Waals surface area contributed by atoms with Crippen molar-refractivity contribution in [1.82, 2.24) is 4.98 Å². The molecule has 0 spiro atoms. The van der Waals surface area contributed by atoms with Gasteiger partial charge in [-0.2, -0.15) is 0 Å². The second kappa shape index (κ2) is 10.7. The molecule has 0 bridgehead atoms. The number of unbranched alkanes of at least 4 members (excludes halogenated alkanes) is 2. The summed E-state index contributed by atoms with van der Waals surface area (Å²) in [6.45, 7) is 2.77. The van der Waals surface area contributed by atoms with Crippen molar-refractivity contribution in [2.45, 2.75) is 32.2 Å². The summed E-state index contributed by atoms with van der Waals surface area (Å²) in [6, 6.07) is 15.4. The molecule has 1 aliphatic heterocycles. The fraction of sp³-hybridized carbons (Fsp3) is 0.250. The highest BCUT2D eigenvalue weighted by Crippen LogP contribution is 2.45. The van der Waals surface area contributed by atoms with Gasteiger partial charge in [-0.25, -0.2) is 4.98 Å². The van der Waals surface area contributed by atoms with E-state index in [9.17, 15) is 14.7 Å². The van der Waals surface area contributed by atoms with E-state index in [-0.39, 0.29) is 11.4 Å². The number of hydrogen-bond donors (Lipinski definition) is 1. The minimum absolute atomic E-state index is 0.0425. The Labute approximate surface area is 222 Å². The fourth-order valence-corrected chi connectivity index (χ4v) is 6.00. The molecule has 0 saturated heterocycles. The Morgan fingerprint density at radius 1 is 1.11 bits per heavy atom. The maximum absolute atomic E-state index is 13.5. The highest BCUT2D eigenvalue weighted by Gasteiger charge is 2.46. The smallest absolute Gasteiger partial charge is 0.296 e. The zero-order chi connectivity index (χ0) is 25.9. The molecule has 4 aromatic rings. The van der Waals surface area contributed by atoms with Gasteiger partial charge in [-0.3, -0.25) is 14.5 Å². The second-order valence-corrected chi connectivity index (χ2v) is 10.6. The first-order valence-electron chi connectivity index (χ1n) is 12.0. The lowest BCUT2D eigenvalue weighted by atomic mass is 9.95. The number of aliphatic hydroxyl groups excluding tert-OH is 1. The van der Waals surface area contributed by atoms with Gasteiger partial charge in [0.15, 0.2) is 10.9 Å². The maximum Gasteiger partial charge on any atom is 0.296 e. The van der Waals surface area contributed by atoms with Gasteiger partial charge in [0.1, 0.15) is 11.5 Å². The lowest BCUT2D eigenvalue weighted by Crippen LogP contribution is -2.30. The summed E-state index contributed by atoms with van der Waals surface area (Å²) in [4.78, 5) is 33.5. The van der Waals surface area contributed by atoms with Crippen molar-refractivity contribution < 1.29 is 24.2 Å². The number of methoxy groups -OCH3 is 1. The van der Waals surface area contributed by atoms with Gasteiger partial charge in [0, 0.05) is 0 Å². The number of thiophene rings is 1. The van der Waals surface area contributed by atoms with Crippen LogP contribution in [-0.4, -0.2) is 35.5 Å². The molecule has 190 valence electrons. The van der Waals surface area contributed by atoms with E-state index in [1.807, 2.05) is 36.4 Å². The van der Waals surface area contributed by atoms with Crippen molar-refractivity contribution in [1.29, 1.82) is 0 Å². The largest absolute Gasteiger partial charge is 0.503 e. The van der Waals surface area contributed by atoms with Crippen molar-refractivity contribution in [3.8, 4) is 11.5 Å². The highest BCUT2D eigenvalue weighted by molar-refractivity contribution is 7.22. The van der Waals surface area contributed by atoms with Gasteiger partial charge in [-0.1, -0.05) is 49.3 Å². The number of carbonyl (C=O) groups excluding carboxylic acids is 2. The van der Waals surface area contributed by atoms with Crippen LogP contribution in [0.5, 0.6) is 11.5 Å². The maximum atomic E-state index is 13.5. The Kier molecular flexibility index (Phi) is 7.25. The predicted octanol–water partition coefficient (Wildman–Crippen LogP) is 6.72. The molecule has 1 aliphatic rings. The van der Waals surface area contributed by atoms with Gasteiger partial charge < -0.3 is 14.6 Å². The first-order valence-corrected chi connectivity index (χ1v) is 13.7. The molecule has 3 heterocycles. The van der Waals surface area contributed by atoms with E-state index in [0.29, 0.717) is 39.2 Å². The van der Waals surface area contributed by atoms with Crippen LogP contribution in [-0.2, 0) is 4.79 Å². The molecule has 0 radical (unpaired) electrons. The van der Waals surface area contributed by atoms with E-state index < -0.39 is 17.7 Å². The SMILES string of the molecule is CCCCCOc1ccc(C2C(C(=O)c3cccs3)=C(O)C(=O)N2c2nc3ccc(OC)cc3s2)cc1. The summed E-state index contributed by atoms with van der Waals surface area (Å²) in [6.07, 6.45) is 3.19. The molecule has 9 heteroatoms. The van der Waals surface area contributed by atoms with E-state index in [1.54, 1.807) is 30.7 Å². The summed E-state index contributed by atoms with van der Waals surface area (Å²) in [5, 5.41) is 13.2. The molecular formula is C28H26N2O5S2. The number of rotatable bonds is 10. The monoisotopic (exact) mass is 534 g/mol. The quantitative estimate of drug-likeness (QED) is 0.179. The van der Waals surface area contributed by atoms with Gasteiger partial charge in [-0.15, -0.1) is 11.3 Å². The minimum atomic E-state index is -0.835. The van der Waals surface area contributed by atoms with Crippen molar-refractivity contribution in [2.24, 2.45) is 0 Å². The van der Waals surface area contributed by atoms with Gasteiger partial charge in [0.2, 0.25) is 5.78 Å². The summed E-state index contributed by atoms with van der Waals surface area (Å²) in [5.74, 6) is -0.204. The Morgan fingerprint density at radius 3 is 2.59 bits per heavy atom. The minimum Gasteiger partial charge on any atom is -0.503 e. The Morgan fingerprint density at radius 2 is 1.89 bits per heavy atom. The van der Waals surface area contributed by atoms with E-state index >= 15 is 0 Å². The van der Waals surface area contributed by atoms with Crippen LogP contribution in [0.1, 0.15) is 47.5 Å². The van der Waals surface area contributed by atoms with E-state index in [2.05, 4.69) is 11.9 Å². The lowest BCUT2D eigenvalue weighted by molar-refractivity contribution is -0.117. The van der Waals surface area contributed by atoms with Crippen molar-refractivity contribution in [3.05, 3.63) is 81.8 Å². The van der Waals surface area contributed by atoms with E-state index in [0.717, 1.165) is 24.0 Å². The number of amides is 1.